The fourth-order valence-corrected chi connectivity index (χ4v) is 4.45. The second-order valence-electron chi connectivity index (χ2n) is 7.92. The summed E-state index contributed by atoms with van der Waals surface area (Å²) in [6, 6.07) is 10.2. The Kier molecular flexibility index (Phi) is 6.04. The number of hydrogen-bond donors (Lipinski definition) is 3. The highest BCUT2D eigenvalue weighted by Gasteiger charge is 2.21. The van der Waals surface area contributed by atoms with Gasteiger partial charge in [-0.25, -0.2) is 9.18 Å². The van der Waals surface area contributed by atoms with Gasteiger partial charge in [0.15, 0.2) is 0 Å². The van der Waals surface area contributed by atoms with E-state index in [1.165, 1.54) is 17.7 Å². The Balaban J connectivity index is 1.28. The third-order valence-electron chi connectivity index (χ3n) is 5.86. The number of H-pyrrole nitrogens is 2. The van der Waals surface area contributed by atoms with E-state index >= 15 is 0 Å². The molecule has 3 aromatic rings. The van der Waals surface area contributed by atoms with Gasteiger partial charge in [0.1, 0.15) is 5.82 Å². The first-order valence-corrected chi connectivity index (χ1v) is 10.4. The number of nitrogens with zero attached hydrogens (tertiary/aromatic N) is 1. The molecule has 1 aromatic heterocycles. The Labute approximate surface area is 173 Å². The zero-order chi connectivity index (χ0) is 20.4. The van der Waals surface area contributed by atoms with E-state index < -0.39 is 6.10 Å². The molecule has 1 fully saturated rings. The summed E-state index contributed by atoms with van der Waals surface area (Å²) in [4.78, 5) is 19.2. The minimum Gasteiger partial charge on any atom is -0.388 e. The molecule has 7 heteroatoms. The van der Waals surface area contributed by atoms with Gasteiger partial charge in [0.25, 0.3) is 0 Å². The van der Waals surface area contributed by atoms with Crippen molar-refractivity contribution in [3.8, 4) is 0 Å². The van der Waals surface area contributed by atoms with Gasteiger partial charge in [-0.15, -0.1) is 0 Å². The molecule has 2 aromatic carbocycles. The standard InChI is InChI=1S/C22H25ClFN3O2/c23-18-13-20-19(25-22(29)26-20)12-17(18)21(28)7-10-27-8-5-15(6-9-27)11-14-1-3-16(24)4-2-14/h1-4,12-13,15,21,28H,5-11H2,(H2,25,26,29). The van der Waals surface area contributed by atoms with Crippen LogP contribution in [-0.2, 0) is 6.42 Å². The van der Waals surface area contributed by atoms with E-state index in [-0.39, 0.29) is 11.5 Å². The van der Waals surface area contributed by atoms with Crippen LogP contribution in [0.4, 0.5) is 4.39 Å². The normalized spacial score (nSPS) is 17.1. The number of imidazole rings is 1. The van der Waals surface area contributed by atoms with E-state index in [0.29, 0.717) is 34.0 Å². The molecule has 0 aliphatic carbocycles. The van der Waals surface area contributed by atoms with Crippen molar-refractivity contribution in [1.82, 2.24) is 14.9 Å². The Morgan fingerprint density at radius 2 is 1.79 bits per heavy atom. The van der Waals surface area contributed by atoms with Gasteiger partial charge in [-0.1, -0.05) is 23.7 Å². The van der Waals surface area contributed by atoms with Crippen molar-refractivity contribution >= 4 is 22.6 Å². The highest BCUT2D eigenvalue weighted by atomic mass is 35.5. The maximum Gasteiger partial charge on any atom is 0.323 e. The smallest absolute Gasteiger partial charge is 0.323 e. The lowest BCUT2D eigenvalue weighted by molar-refractivity contribution is 0.123. The monoisotopic (exact) mass is 417 g/mol. The third-order valence-corrected chi connectivity index (χ3v) is 6.18. The van der Waals surface area contributed by atoms with Crippen molar-refractivity contribution in [2.45, 2.75) is 31.8 Å². The number of fused-ring (bicyclic) bond motifs is 1. The SMILES string of the molecule is O=c1[nH]c2cc(Cl)c(C(O)CCN3CCC(Cc4ccc(F)cc4)CC3)cc2[nH]1. The summed E-state index contributed by atoms with van der Waals surface area (Å²) in [7, 11) is 0. The topological polar surface area (TPSA) is 72.1 Å². The van der Waals surface area contributed by atoms with Crippen LogP contribution in [-0.4, -0.2) is 39.6 Å². The van der Waals surface area contributed by atoms with E-state index in [1.807, 2.05) is 12.1 Å². The highest BCUT2D eigenvalue weighted by Crippen LogP contribution is 2.29. The first kappa shape index (κ1) is 20.1. The molecular weight excluding hydrogens is 393 g/mol. The molecule has 2 heterocycles. The molecule has 0 radical (unpaired) electrons. The molecule has 1 unspecified atom stereocenters. The molecule has 1 aliphatic rings. The molecule has 1 atom stereocenters. The molecule has 0 amide bonds. The first-order chi connectivity index (χ1) is 14.0. The second kappa shape index (κ2) is 8.69. The molecule has 0 saturated carbocycles. The minimum absolute atomic E-state index is 0.191. The van der Waals surface area contributed by atoms with Crippen LogP contribution in [0, 0.1) is 11.7 Å². The van der Waals surface area contributed by atoms with Crippen molar-refractivity contribution in [3.63, 3.8) is 0 Å². The van der Waals surface area contributed by atoms with Crippen LogP contribution in [0.25, 0.3) is 11.0 Å². The number of halogens is 2. The van der Waals surface area contributed by atoms with Gasteiger partial charge >= 0.3 is 5.69 Å². The molecule has 4 rings (SSSR count). The van der Waals surface area contributed by atoms with E-state index in [9.17, 15) is 14.3 Å². The Bertz CT molecular complexity index is 1020. The van der Waals surface area contributed by atoms with Gasteiger partial charge in [0.2, 0.25) is 0 Å². The number of aliphatic hydroxyl groups excluding tert-OH is 1. The number of aliphatic hydroxyl groups is 1. The number of likely N-dealkylation sites (tertiary alicyclic amines) is 1. The number of rotatable bonds is 6. The fraction of sp³-hybridized carbons (Fsp3) is 0.409. The predicted molar refractivity (Wildman–Crippen MR) is 113 cm³/mol. The lowest BCUT2D eigenvalue weighted by Crippen LogP contribution is -2.35. The predicted octanol–water partition coefficient (Wildman–Crippen LogP) is 4.03. The summed E-state index contributed by atoms with van der Waals surface area (Å²) in [6.45, 7) is 2.79. The quantitative estimate of drug-likeness (QED) is 0.567. The third kappa shape index (κ3) is 4.89. The molecule has 0 spiro atoms. The number of benzene rings is 2. The fourth-order valence-electron chi connectivity index (χ4n) is 4.16. The second-order valence-corrected chi connectivity index (χ2v) is 8.33. The summed E-state index contributed by atoms with van der Waals surface area (Å²) in [5.74, 6) is 0.424. The van der Waals surface area contributed by atoms with Crippen molar-refractivity contribution < 1.29 is 9.50 Å². The van der Waals surface area contributed by atoms with Crippen molar-refractivity contribution in [2.24, 2.45) is 5.92 Å². The van der Waals surface area contributed by atoms with Gasteiger partial charge in [-0.3, -0.25) is 0 Å². The van der Waals surface area contributed by atoms with Gasteiger partial charge in [-0.2, -0.15) is 0 Å². The zero-order valence-corrected chi connectivity index (χ0v) is 16.9. The van der Waals surface area contributed by atoms with Crippen LogP contribution >= 0.6 is 11.6 Å². The molecular formula is C22H25ClFN3O2. The molecule has 154 valence electrons. The number of aromatic amines is 2. The van der Waals surface area contributed by atoms with Gasteiger partial charge in [-0.05, 0) is 74.5 Å². The summed E-state index contributed by atoms with van der Waals surface area (Å²) in [6.07, 6.45) is 3.10. The van der Waals surface area contributed by atoms with Crippen LogP contribution < -0.4 is 5.69 Å². The average molecular weight is 418 g/mol. The summed E-state index contributed by atoms with van der Waals surface area (Å²) in [5, 5.41) is 11.1. The lowest BCUT2D eigenvalue weighted by atomic mass is 9.90. The Morgan fingerprint density at radius 3 is 2.48 bits per heavy atom. The largest absolute Gasteiger partial charge is 0.388 e. The van der Waals surface area contributed by atoms with Crippen LogP contribution in [0.2, 0.25) is 5.02 Å². The van der Waals surface area contributed by atoms with Crippen LogP contribution in [0.3, 0.4) is 0 Å². The van der Waals surface area contributed by atoms with Crippen LogP contribution in [0.5, 0.6) is 0 Å². The first-order valence-electron chi connectivity index (χ1n) is 10.0. The van der Waals surface area contributed by atoms with E-state index in [1.54, 1.807) is 12.1 Å². The summed E-state index contributed by atoms with van der Waals surface area (Å²) in [5.41, 5.74) is 2.83. The van der Waals surface area contributed by atoms with E-state index in [4.69, 9.17) is 11.6 Å². The summed E-state index contributed by atoms with van der Waals surface area (Å²) < 4.78 is 13.0. The van der Waals surface area contributed by atoms with Crippen molar-refractivity contribution in [3.05, 3.63) is 68.8 Å². The number of hydrogen-bond acceptors (Lipinski definition) is 3. The molecule has 5 nitrogen and oxygen atoms in total. The van der Waals surface area contributed by atoms with Gasteiger partial charge in [0.05, 0.1) is 17.1 Å². The average Bonchev–Trinajstić information content (AvgIpc) is 3.07. The summed E-state index contributed by atoms with van der Waals surface area (Å²) >= 11 is 6.30. The van der Waals surface area contributed by atoms with E-state index in [0.717, 1.165) is 38.9 Å². The molecule has 29 heavy (non-hydrogen) atoms. The lowest BCUT2D eigenvalue weighted by Gasteiger charge is -2.32. The number of aromatic nitrogens is 2. The number of nitrogens with one attached hydrogen (secondary N) is 2. The van der Waals surface area contributed by atoms with E-state index in [2.05, 4.69) is 14.9 Å². The number of piperidine rings is 1. The van der Waals surface area contributed by atoms with Crippen molar-refractivity contribution in [1.29, 1.82) is 0 Å². The zero-order valence-electron chi connectivity index (χ0n) is 16.1. The Hall–Kier alpha value is -2.15. The maximum absolute atomic E-state index is 13.0. The maximum atomic E-state index is 13.0. The van der Waals surface area contributed by atoms with Crippen molar-refractivity contribution in [2.75, 3.05) is 19.6 Å². The van der Waals surface area contributed by atoms with Gasteiger partial charge < -0.3 is 20.0 Å². The molecule has 1 aliphatic heterocycles. The minimum atomic E-state index is -0.678. The molecule has 0 bridgehead atoms. The van der Waals surface area contributed by atoms with Gasteiger partial charge in [0, 0.05) is 17.1 Å². The highest BCUT2D eigenvalue weighted by molar-refractivity contribution is 6.32. The van der Waals surface area contributed by atoms with Crippen LogP contribution in [0.15, 0.2) is 41.2 Å². The molecule has 3 N–H and O–H groups in total. The molecule has 1 saturated heterocycles. The van der Waals surface area contributed by atoms with Crippen LogP contribution in [0.1, 0.15) is 36.5 Å². The Morgan fingerprint density at radius 1 is 1.14 bits per heavy atom.